The molecule has 0 spiro atoms. The lowest BCUT2D eigenvalue weighted by Crippen LogP contribution is -2.74. The minimum absolute atomic E-state index is 0.0426. The van der Waals surface area contributed by atoms with E-state index in [1.165, 1.54) is 111 Å². The zero-order chi connectivity index (χ0) is 64.2. The summed E-state index contributed by atoms with van der Waals surface area (Å²) in [5.41, 5.74) is 1.02. The van der Waals surface area contributed by atoms with Gasteiger partial charge >= 0.3 is 22.9 Å². The maximum Gasteiger partial charge on any atom is 0.418 e. The van der Waals surface area contributed by atoms with Gasteiger partial charge in [0.25, 0.3) is 5.69 Å². The van der Waals surface area contributed by atoms with Crippen LogP contribution in [0.4, 0.5) is 15.8 Å². The Bertz CT molecular complexity index is 4210. The second-order valence-corrected chi connectivity index (χ2v) is 22.0. The fraction of sp³-hybridized carbons (Fsp3) is 0.130. The molecule has 0 bridgehead atoms. The second kappa shape index (κ2) is 28.3. The Balaban J connectivity index is 1.40. The smallest absolute Gasteiger partial charge is 0.418 e. The predicted molar refractivity (Wildman–Crippen MR) is 340 cm³/mol. The summed E-state index contributed by atoms with van der Waals surface area (Å²) in [4.78, 5) is 24.1. The van der Waals surface area contributed by atoms with E-state index in [1.807, 2.05) is 0 Å². The van der Waals surface area contributed by atoms with Crippen molar-refractivity contribution in [3.8, 4) is 80.5 Å². The fourth-order valence-corrected chi connectivity index (χ4v) is 10.7. The standard InChI is InChI=1S/C69H55Cl2FN2O16S/c1-43-14-12-17-55(40-43)84-67(86-61-23-11-8-20-58(61)74(78)79)68(88-56-18-13-16-54(41-56)81-5,87-52-34-30-49(31-35-52)73(76)77)69(90-60-22-10-7-19-57(60)71,89-53-38-36-50(80-4)37-39-53)91-66-62(75)65(82-42-46-24-28-48(72)29-25-46)63(83-51-32-26-47(70)27-33-51)45(3)64(66)85-59-21-9-6-15-44(59)2/h6-41,67,75H,42H2,1-5H3. The number of methoxy groups -OCH3 is 2. The molecule has 464 valence electrons. The van der Waals surface area contributed by atoms with Crippen LogP contribution >= 0.6 is 35.0 Å². The van der Waals surface area contributed by atoms with Crippen LogP contribution in [0.25, 0.3) is 0 Å². The fourth-order valence-electron chi connectivity index (χ4n) is 9.11. The van der Waals surface area contributed by atoms with Gasteiger partial charge in [-0.05, 0) is 171 Å². The van der Waals surface area contributed by atoms with Gasteiger partial charge in [-0.1, -0.05) is 96.0 Å². The Kier molecular flexibility index (Phi) is 19.7. The third-order valence-corrected chi connectivity index (χ3v) is 15.5. The number of nitro groups is 2. The molecular formula is C69H55Cl2FN2O16S. The summed E-state index contributed by atoms with van der Waals surface area (Å²) in [6.45, 7) is 4.95. The van der Waals surface area contributed by atoms with Gasteiger partial charge in [-0.3, -0.25) is 20.2 Å². The molecule has 10 rings (SSSR count). The van der Waals surface area contributed by atoms with E-state index >= 15 is 0 Å². The largest absolute Gasteiger partial charge is 0.503 e. The average Bonchev–Trinajstić information content (AvgIpc) is 0.721. The number of thioether (sulfide) groups is 1. The highest BCUT2D eigenvalue weighted by Crippen LogP contribution is 2.60. The van der Waals surface area contributed by atoms with Gasteiger partial charge in [0.2, 0.25) is 11.5 Å². The van der Waals surface area contributed by atoms with Crippen molar-refractivity contribution in [1.29, 1.82) is 0 Å². The van der Waals surface area contributed by atoms with Crippen molar-refractivity contribution in [2.45, 2.75) is 49.5 Å². The number of phenolic OH excluding ortho intramolecular Hbond substituents is 1. The van der Waals surface area contributed by atoms with Crippen LogP contribution in [-0.2, 0) is 6.61 Å². The van der Waals surface area contributed by atoms with Crippen LogP contribution in [0.2, 0.25) is 10.0 Å². The molecule has 0 aliphatic heterocycles. The third-order valence-electron chi connectivity index (χ3n) is 13.7. The zero-order valence-electron chi connectivity index (χ0n) is 49.1. The predicted octanol–water partition coefficient (Wildman–Crippen LogP) is 18.0. The van der Waals surface area contributed by atoms with Gasteiger partial charge < -0.3 is 57.2 Å². The summed E-state index contributed by atoms with van der Waals surface area (Å²) >= 11 is 14.2. The molecule has 0 saturated heterocycles. The van der Waals surface area contributed by atoms with Crippen molar-refractivity contribution in [3.05, 3.63) is 277 Å². The Morgan fingerprint density at radius 1 is 0.538 bits per heavy atom. The lowest BCUT2D eigenvalue weighted by molar-refractivity contribution is -0.387. The van der Waals surface area contributed by atoms with Gasteiger partial charge in [0.15, 0.2) is 17.2 Å². The average molecular weight is 1290 g/mol. The molecule has 10 aromatic rings. The number of aromatic hydroxyl groups is 1. The molecule has 0 heterocycles. The Hall–Kier alpha value is -10.5. The molecule has 0 saturated carbocycles. The van der Waals surface area contributed by atoms with Gasteiger partial charge in [0.05, 0.1) is 29.1 Å². The number of nitro benzene ring substituents is 2. The number of benzene rings is 10. The van der Waals surface area contributed by atoms with Crippen molar-refractivity contribution in [3.63, 3.8) is 0 Å². The number of hydrogen-bond acceptors (Lipinski definition) is 17. The van der Waals surface area contributed by atoms with Crippen LogP contribution in [0.15, 0.2) is 223 Å². The minimum atomic E-state index is -3.15. The van der Waals surface area contributed by atoms with Crippen LogP contribution in [0.1, 0.15) is 22.3 Å². The second-order valence-electron chi connectivity index (χ2n) is 20.0. The number of non-ortho nitro benzene ring substituents is 1. The van der Waals surface area contributed by atoms with E-state index in [0.29, 0.717) is 39.2 Å². The van der Waals surface area contributed by atoms with Gasteiger partial charge in [-0.25, -0.2) is 4.39 Å². The third kappa shape index (κ3) is 14.8. The van der Waals surface area contributed by atoms with Crippen molar-refractivity contribution in [1.82, 2.24) is 0 Å². The molecule has 0 aromatic heterocycles. The van der Waals surface area contributed by atoms with E-state index in [9.17, 15) is 29.7 Å². The van der Waals surface area contributed by atoms with E-state index in [-0.39, 0.29) is 91.0 Å². The maximum atomic E-state index is 14.5. The molecule has 10 aromatic carbocycles. The Morgan fingerprint density at radius 2 is 1.13 bits per heavy atom. The van der Waals surface area contributed by atoms with Gasteiger partial charge in [0, 0.05) is 34.9 Å². The molecule has 0 aliphatic rings. The first kappa shape index (κ1) is 63.5. The van der Waals surface area contributed by atoms with Gasteiger partial charge in [-0.15, -0.1) is 0 Å². The Morgan fingerprint density at radius 3 is 1.80 bits per heavy atom. The lowest BCUT2D eigenvalue weighted by Gasteiger charge is -2.48. The van der Waals surface area contributed by atoms with Crippen LogP contribution in [0.3, 0.4) is 0 Å². The first-order valence-electron chi connectivity index (χ1n) is 27.7. The molecule has 0 amide bonds. The number of rotatable bonds is 27. The molecule has 3 unspecified atom stereocenters. The van der Waals surface area contributed by atoms with E-state index in [2.05, 4.69) is 0 Å². The maximum absolute atomic E-state index is 14.5. The van der Waals surface area contributed by atoms with E-state index in [4.69, 9.17) is 75.3 Å². The molecule has 91 heavy (non-hydrogen) atoms. The van der Waals surface area contributed by atoms with Crippen LogP contribution in [0, 0.1) is 46.8 Å². The van der Waals surface area contributed by atoms with Crippen molar-refractivity contribution < 1.29 is 71.4 Å². The molecule has 1 N–H and O–H groups in total. The number of nitrogens with zero attached hydrogens (tertiary/aromatic N) is 2. The quantitative estimate of drug-likeness (QED) is 0.0220. The SMILES string of the molecule is COc1ccc(OC(Oc2ccccc2Cl)(Sc2c(O)c(OCc3ccc(F)cc3)c(Oc3ccc(Cl)cc3)c(C)c2Oc2ccccc2C)C(Oc2ccc([N+](=O)[O-])cc2)(Oc2cccc(OC)c2)C(Oc2cccc(C)c2)Oc2ccccc2[N+](=O)[O-])cc1. The van der Waals surface area contributed by atoms with E-state index in [0.717, 1.165) is 12.1 Å². The highest BCUT2D eigenvalue weighted by Gasteiger charge is 2.72. The molecule has 0 aliphatic carbocycles. The molecule has 22 heteroatoms. The first-order valence-corrected chi connectivity index (χ1v) is 29.3. The lowest BCUT2D eigenvalue weighted by atomic mass is 10.1. The highest BCUT2D eigenvalue weighted by atomic mass is 35.5. The summed E-state index contributed by atoms with van der Waals surface area (Å²) in [5, 5.41) is 36.7. The van der Waals surface area contributed by atoms with E-state index < -0.39 is 50.0 Å². The summed E-state index contributed by atoms with van der Waals surface area (Å²) in [5.74, 6) is -4.69. The number of ether oxygens (including phenoxy) is 11. The number of hydrogen-bond donors (Lipinski definition) is 1. The monoisotopic (exact) mass is 1290 g/mol. The van der Waals surface area contributed by atoms with Crippen LogP contribution < -0.4 is 52.1 Å². The Labute approximate surface area is 535 Å². The van der Waals surface area contributed by atoms with Crippen LogP contribution in [-0.4, -0.2) is 46.4 Å². The number of aryl methyl sites for hydroxylation is 2. The number of halogens is 3. The van der Waals surface area contributed by atoms with Crippen molar-refractivity contribution in [2.24, 2.45) is 0 Å². The highest BCUT2D eigenvalue weighted by molar-refractivity contribution is 8.00. The molecule has 3 atom stereocenters. The summed E-state index contributed by atoms with van der Waals surface area (Å²) in [6, 6.07) is 54.6. The molecular weight excluding hydrogens is 1230 g/mol. The van der Waals surface area contributed by atoms with Gasteiger partial charge in [0.1, 0.15) is 69.1 Å². The van der Waals surface area contributed by atoms with Crippen molar-refractivity contribution in [2.75, 3.05) is 14.2 Å². The normalized spacial score (nSPS) is 12.6. The molecule has 18 nitrogen and oxygen atoms in total. The first-order chi connectivity index (χ1) is 43.9. The number of phenols is 1. The summed E-state index contributed by atoms with van der Waals surface area (Å²) < 4.78 is 90.5. The minimum Gasteiger partial charge on any atom is -0.503 e. The summed E-state index contributed by atoms with van der Waals surface area (Å²) in [6.07, 6.45) is -2.31. The summed E-state index contributed by atoms with van der Waals surface area (Å²) in [7, 11) is 2.89. The topological polar surface area (TPSA) is 208 Å². The molecule has 0 radical (unpaired) electrons. The molecule has 0 fully saturated rings. The number of para-hydroxylation sites is 4. The zero-order valence-corrected chi connectivity index (χ0v) is 51.4. The van der Waals surface area contributed by atoms with Crippen LogP contribution in [0.5, 0.6) is 80.5 Å². The van der Waals surface area contributed by atoms with Gasteiger partial charge in [-0.2, -0.15) is 0 Å². The van der Waals surface area contributed by atoms with Crippen molar-refractivity contribution >= 4 is 46.3 Å². The van der Waals surface area contributed by atoms with E-state index in [1.54, 1.807) is 130 Å².